The Bertz CT molecular complexity index is 725. The first-order chi connectivity index (χ1) is 10.1. The van der Waals surface area contributed by atoms with E-state index < -0.39 is 16.1 Å². The molecule has 0 aliphatic carbocycles. The van der Waals surface area contributed by atoms with Crippen LogP contribution in [0.2, 0.25) is 0 Å². The van der Waals surface area contributed by atoms with Crippen LogP contribution < -0.4 is 10.0 Å². The zero-order valence-electron chi connectivity index (χ0n) is 11.8. The Morgan fingerprint density at radius 1 is 1.38 bits per heavy atom. The predicted molar refractivity (Wildman–Crippen MR) is 80.6 cm³/mol. The van der Waals surface area contributed by atoms with Crippen molar-refractivity contribution in [3.63, 3.8) is 0 Å². The summed E-state index contributed by atoms with van der Waals surface area (Å²) in [5, 5.41) is 3.25. The number of nitrogens with one attached hydrogen (secondary N) is 3. The summed E-state index contributed by atoms with van der Waals surface area (Å²) in [6.45, 7) is 2.64. The molecule has 1 aromatic carbocycles. The van der Waals surface area contributed by atoms with Crippen molar-refractivity contribution in [2.75, 3.05) is 11.9 Å². The maximum atomic E-state index is 12.4. The average molecular weight is 306 g/mol. The Balaban J connectivity index is 1.84. The van der Waals surface area contributed by atoms with Crippen molar-refractivity contribution < 1.29 is 8.42 Å². The van der Waals surface area contributed by atoms with Crippen molar-refractivity contribution in [1.82, 2.24) is 14.7 Å². The molecule has 1 aliphatic heterocycles. The first-order valence-electron chi connectivity index (χ1n) is 6.95. The molecule has 0 amide bonds. The molecule has 0 saturated carbocycles. The van der Waals surface area contributed by atoms with Crippen molar-refractivity contribution in [2.45, 2.75) is 30.7 Å². The van der Waals surface area contributed by atoms with Gasteiger partial charge in [-0.15, -0.1) is 0 Å². The van der Waals surface area contributed by atoms with Crippen LogP contribution >= 0.6 is 0 Å². The molecule has 7 heteroatoms. The van der Waals surface area contributed by atoms with Crippen molar-refractivity contribution >= 4 is 15.7 Å². The minimum absolute atomic E-state index is 0.272. The van der Waals surface area contributed by atoms with Gasteiger partial charge in [0.05, 0.1) is 10.9 Å². The first-order valence-corrected chi connectivity index (χ1v) is 8.43. The number of nitrogens with zero attached hydrogens (tertiary/aromatic N) is 1. The fourth-order valence-corrected chi connectivity index (χ4v) is 3.71. The van der Waals surface area contributed by atoms with Crippen LogP contribution in [0.4, 0.5) is 5.69 Å². The number of hydrogen-bond donors (Lipinski definition) is 3. The van der Waals surface area contributed by atoms with Gasteiger partial charge in [0.1, 0.15) is 5.82 Å². The lowest BCUT2D eigenvalue weighted by Gasteiger charge is -2.19. The second-order valence-electron chi connectivity index (χ2n) is 5.17. The maximum Gasteiger partial charge on any atom is 0.241 e. The highest BCUT2D eigenvalue weighted by molar-refractivity contribution is 7.89. The van der Waals surface area contributed by atoms with Crippen LogP contribution in [0.5, 0.6) is 0 Å². The number of hydrogen-bond acceptors (Lipinski definition) is 4. The fourth-order valence-electron chi connectivity index (χ4n) is 2.48. The van der Waals surface area contributed by atoms with Gasteiger partial charge in [0.25, 0.3) is 0 Å². The summed E-state index contributed by atoms with van der Waals surface area (Å²) in [6.07, 6.45) is 5.33. The minimum Gasteiger partial charge on any atom is -0.385 e. The molecule has 0 saturated heterocycles. The zero-order chi connectivity index (χ0) is 14.9. The van der Waals surface area contributed by atoms with Crippen LogP contribution in [0.3, 0.4) is 0 Å². The highest BCUT2D eigenvalue weighted by Crippen LogP contribution is 2.25. The molecule has 21 heavy (non-hydrogen) atoms. The average Bonchev–Trinajstić information content (AvgIpc) is 3.00. The Kier molecular flexibility index (Phi) is 3.69. The standard InChI is InChI=1S/C14H18N4O2S/c1-10(14-16-7-8-17-14)18-21(19,20)12-5-4-11-3-2-6-15-13(11)9-12/h4-5,7-10,15,18H,2-3,6H2,1H3,(H,16,17). The number of anilines is 1. The molecule has 2 heterocycles. The van der Waals surface area contributed by atoms with Crippen LogP contribution in [0, 0.1) is 0 Å². The van der Waals surface area contributed by atoms with Gasteiger partial charge >= 0.3 is 0 Å². The van der Waals surface area contributed by atoms with Gasteiger partial charge in [-0.25, -0.2) is 18.1 Å². The molecule has 0 fully saturated rings. The molecule has 6 nitrogen and oxygen atoms in total. The molecule has 1 aliphatic rings. The van der Waals surface area contributed by atoms with Gasteiger partial charge in [0.2, 0.25) is 10.0 Å². The molecule has 0 spiro atoms. The molecule has 3 rings (SSSR count). The molecule has 0 bridgehead atoms. The molecular weight excluding hydrogens is 288 g/mol. The van der Waals surface area contributed by atoms with Gasteiger partial charge in [-0.05, 0) is 37.5 Å². The maximum absolute atomic E-state index is 12.4. The lowest BCUT2D eigenvalue weighted by Crippen LogP contribution is -2.28. The van der Waals surface area contributed by atoms with E-state index in [0.717, 1.165) is 25.1 Å². The molecule has 0 radical (unpaired) electrons. The van der Waals surface area contributed by atoms with Crippen LogP contribution in [0.15, 0.2) is 35.5 Å². The quantitative estimate of drug-likeness (QED) is 0.804. The smallest absolute Gasteiger partial charge is 0.241 e. The van der Waals surface area contributed by atoms with E-state index in [4.69, 9.17) is 0 Å². The Morgan fingerprint density at radius 3 is 3.00 bits per heavy atom. The molecular formula is C14H18N4O2S. The molecule has 112 valence electrons. The highest BCUT2D eigenvalue weighted by atomic mass is 32.2. The SMILES string of the molecule is CC(NS(=O)(=O)c1ccc2c(c1)NCCC2)c1ncc[nH]1. The molecule has 1 atom stereocenters. The third-order valence-corrected chi connectivity index (χ3v) is 5.13. The van der Waals surface area contributed by atoms with E-state index >= 15 is 0 Å². The van der Waals surface area contributed by atoms with Crippen LogP contribution in [0.25, 0.3) is 0 Å². The third-order valence-electron chi connectivity index (χ3n) is 3.59. The topological polar surface area (TPSA) is 86.9 Å². The van der Waals surface area contributed by atoms with Gasteiger partial charge in [-0.1, -0.05) is 6.07 Å². The Morgan fingerprint density at radius 2 is 2.24 bits per heavy atom. The summed E-state index contributed by atoms with van der Waals surface area (Å²) in [5.41, 5.74) is 2.08. The normalized spacial score (nSPS) is 16.0. The number of aromatic nitrogens is 2. The van der Waals surface area contributed by atoms with E-state index in [2.05, 4.69) is 20.0 Å². The summed E-state index contributed by atoms with van der Waals surface area (Å²) >= 11 is 0. The van der Waals surface area contributed by atoms with Crippen molar-refractivity contribution in [3.05, 3.63) is 42.0 Å². The van der Waals surface area contributed by atoms with Gasteiger partial charge < -0.3 is 10.3 Å². The Hall–Kier alpha value is -1.86. The van der Waals surface area contributed by atoms with Gasteiger partial charge in [-0.2, -0.15) is 0 Å². The van der Waals surface area contributed by atoms with Gasteiger partial charge in [0, 0.05) is 24.6 Å². The lowest BCUT2D eigenvalue weighted by atomic mass is 10.0. The number of imidazole rings is 1. The number of aryl methyl sites for hydroxylation is 1. The summed E-state index contributed by atoms with van der Waals surface area (Å²) in [6, 6.07) is 4.83. The number of rotatable bonds is 4. The highest BCUT2D eigenvalue weighted by Gasteiger charge is 2.21. The van der Waals surface area contributed by atoms with Crippen molar-refractivity contribution in [3.8, 4) is 0 Å². The minimum atomic E-state index is -3.57. The Labute approximate surface area is 124 Å². The summed E-state index contributed by atoms with van der Waals surface area (Å²) in [4.78, 5) is 7.25. The number of fused-ring (bicyclic) bond motifs is 1. The van der Waals surface area contributed by atoms with Crippen LogP contribution in [-0.4, -0.2) is 24.9 Å². The zero-order valence-corrected chi connectivity index (χ0v) is 12.6. The third kappa shape index (κ3) is 2.93. The monoisotopic (exact) mass is 306 g/mol. The molecule has 1 aromatic heterocycles. The van der Waals surface area contributed by atoms with Crippen LogP contribution in [-0.2, 0) is 16.4 Å². The van der Waals surface area contributed by atoms with E-state index in [9.17, 15) is 8.42 Å². The predicted octanol–water partition coefficient (Wildman–Crippen LogP) is 1.81. The van der Waals surface area contributed by atoms with Crippen LogP contribution in [0.1, 0.15) is 30.8 Å². The first kappa shape index (κ1) is 14.1. The van der Waals surface area contributed by atoms with Crippen molar-refractivity contribution in [1.29, 1.82) is 0 Å². The summed E-state index contributed by atoms with van der Waals surface area (Å²) < 4.78 is 27.5. The number of H-pyrrole nitrogens is 1. The number of aromatic amines is 1. The van der Waals surface area contributed by atoms with E-state index in [1.165, 1.54) is 5.56 Å². The van der Waals surface area contributed by atoms with Gasteiger partial charge in [-0.3, -0.25) is 0 Å². The molecule has 1 unspecified atom stereocenters. The van der Waals surface area contributed by atoms with Crippen molar-refractivity contribution in [2.24, 2.45) is 0 Å². The second kappa shape index (κ2) is 5.50. The molecule has 3 N–H and O–H groups in total. The largest absolute Gasteiger partial charge is 0.385 e. The second-order valence-corrected chi connectivity index (χ2v) is 6.88. The van der Waals surface area contributed by atoms with E-state index in [-0.39, 0.29) is 4.90 Å². The summed E-state index contributed by atoms with van der Waals surface area (Å²) in [7, 11) is -3.57. The number of benzene rings is 1. The fraction of sp³-hybridized carbons (Fsp3) is 0.357. The number of sulfonamides is 1. The lowest BCUT2D eigenvalue weighted by molar-refractivity contribution is 0.561. The van der Waals surface area contributed by atoms with E-state index in [1.54, 1.807) is 31.5 Å². The molecule has 2 aromatic rings. The van der Waals surface area contributed by atoms with Gasteiger partial charge in [0.15, 0.2) is 0 Å². The van der Waals surface area contributed by atoms with E-state index in [0.29, 0.717) is 5.82 Å². The summed E-state index contributed by atoms with van der Waals surface area (Å²) in [5.74, 6) is 0.592. The van der Waals surface area contributed by atoms with E-state index in [1.807, 2.05) is 6.07 Å².